The van der Waals surface area contributed by atoms with Crippen LogP contribution in [0.15, 0.2) is 12.1 Å². The summed E-state index contributed by atoms with van der Waals surface area (Å²) in [5.74, 6) is 1.67. The zero-order valence-electron chi connectivity index (χ0n) is 11.5. The minimum atomic E-state index is -0.0859. The molecule has 0 aliphatic rings. The van der Waals surface area contributed by atoms with Crippen LogP contribution in [0.2, 0.25) is 5.02 Å². The van der Waals surface area contributed by atoms with Crippen LogP contribution in [-0.4, -0.2) is 14.2 Å². The fourth-order valence-electron chi connectivity index (χ4n) is 2.07. The van der Waals surface area contributed by atoms with E-state index < -0.39 is 0 Å². The molecule has 0 fully saturated rings. The second kappa shape index (κ2) is 6.86. The zero-order valence-corrected chi connectivity index (χ0v) is 12.3. The maximum Gasteiger partial charge on any atom is 0.162 e. The van der Waals surface area contributed by atoms with Gasteiger partial charge in [0.05, 0.1) is 14.2 Å². The minimum absolute atomic E-state index is 0.0859. The molecule has 0 aromatic heterocycles. The first kappa shape index (κ1) is 15.1. The molecule has 0 aliphatic heterocycles. The molecule has 1 rings (SSSR count). The first-order chi connectivity index (χ1) is 8.54. The van der Waals surface area contributed by atoms with E-state index >= 15 is 0 Å². The van der Waals surface area contributed by atoms with Gasteiger partial charge in [0.1, 0.15) is 0 Å². The lowest BCUT2D eigenvalue weighted by molar-refractivity contribution is 0.353. The fraction of sp³-hybridized carbons (Fsp3) is 0.571. The van der Waals surface area contributed by atoms with Crippen molar-refractivity contribution in [3.63, 3.8) is 0 Å². The van der Waals surface area contributed by atoms with Crippen molar-refractivity contribution in [3.8, 4) is 11.5 Å². The van der Waals surface area contributed by atoms with E-state index in [1.54, 1.807) is 20.3 Å². The molecule has 0 amide bonds. The van der Waals surface area contributed by atoms with Crippen molar-refractivity contribution in [1.29, 1.82) is 0 Å². The van der Waals surface area contributed by atoms with Crippen LogP contribution >= 0.6 is 11.6 Å². The van der Waals surface area contributed by atoms with Gasteiger partial charge in [0.15, 0.2) is 11.5 Å². The van der Waals surface area contributed by atoms with Crippen molar-refractivity contribution >= 4 is 11.6 Å². The molecule has 1 aromatic rings. The normalized spacial score (nSPS) is 14.1. The zero-order chi connectivity index (χ0) is 13.7. The van der Waals surface area contributed by atoms with Crippen LogP contribution < -0.4 is 15.2 Å². The van der Waals surface area contributed by atoms with Crippen molar-refractivity contribution in [1.82, 2.24) is 0 Å². The van der Waals surface area contributed by atoms with Gasteiger partial charge in [-0.25, -0.2) is 0 Å². The van der Waals surface area contributed by atoms with Crippen molar-refractivity contribution < 1.29 is 9.47 Å². The monoisotopic (exact) mass is 271 g/mol. The number of benzene rings is 1. The Hall–Kier alpha value is -0.930. The highest BCUT2D eigenvalue weighted by Crippen LogP contribution is 2.37. The summed E-state index contributed by atoms with van der Waals surface area (Å²) in [6.07, 6.45) is 2.19. The molecule has 0 saturated carbocycles. The molecule has 0 heterocycles. The quantitative estimate of drug-likeness (QED) is 0.856. The Bertz CT molecular complexity index is 396. The molecular weight excluding hydrogens is 250 g/mol. The van der Waals surface area contributed by atoms with Crippen LogP contribution in [0.25, 0.3) is 0 Å². The van der Waals surface area contributed by atoms with Crippen LogP contribution in [0.4, 0.5) is 0 Å². The van der Waals surface area contributed by atoms with Gasteiger partial charge in [0.2, 0.25) is 0 Å². The highest BCUT2D eigenvalue weighted by atomic mass is 35.5. The second-order valence-electron chi connectivity index (χ2n) is 4.52. The molecule has 18 heavy (non-hydrogen) atoms. The van der Waals surface area contributed by atoms with Gasteiger partial charge in [-0.05, 0) is 24.0 Å². The van der Waals surface area contributed by atoms with Crippen molar-refractivity contribution in [2.45, 2.75) is 32.7 Å². The van der Waals surface area contributed by atoms with E-state index in [2.05, 4.69) is 13.8 Å². The molecule has 2 unspecified atom stereocenters. The Morgan fingerprint density at radius 1 is 1.22 bits per heavy atom. The SMILES string of the molecule is CCCC(C)C(N)c1cc(OC)c(OC)cc1Cl. The van der Waals surface area contributed by atoms with Crippen LogP contribution in [0.1, 0.15) is 38.3 Å². The third-order valence-corrected chi connectivity index (χ3v) is 3.55. The molecular formula is C14H22ClNO2. The summed E-state index contributed by atoms with van der Waals surface area (Å²) in [5, 5.41) is 0.628. The lowest BCUT2D eigenvalue weighted by Gasteiger charge is -2.22. The Labute approximate surface area is 114 Å². The number of nitrogens with two attached hydrogens (primary N) is 1. The molecule has 0 radical (unpaired) electrons. The van der Waals surface area contributed by atoms with E-state index in [4.69, 9.17) is 26.8 Å². The lowest BCUT2D eigenvalue weighted by atomic mass is 9.91. The van der Waals surface area contributed by atoms with E-state index in [-0.39, 0.29) is 6.04 Å². The molecule has 2 N–H and O–H groups in total. The average molecular weight is 272 g/mol. The Balaban J connectivity index is 3.08. The van der Waals surface area contributed by atoms with E-state index in [0.717, 1.165) is 18.4 Å². The summed E-state index contributed by atoms with van der Waals surface area (Å²) in [4.78, 5) is 0. The largest absolute Gasteiger partial charge is 0.493 e. The van der Waals surface area contributed by atoms with Crippen LogP contribution in [0.5, 0.6) is 11.5 Å². The summed E-state index contributed by atoms with van der Waals surface area (Å²) in [6, 6.07) is 3.55. The van der Waals surface area contributed by atoms with Crippen molar-refractivity contribution in [2.75, 3.05) is 14.2 Å². The van der Waals surface area contributed by atoms with Gasteiger partial charge in [-0.15, -0.1) is 0 Å². The lowest BCUT2D eigenvalue weighted by Crippen LogP contribution is -2.19. The molecule has 0 aliphatic carbocycles. The Morgan fingerprint density at radius 2 is 1.78 bits per heavy atom. The maximum atomic E-state index is 6.26. The number of rotatable bonds is 6. The Kier molecular flexibility index (Phi) is 5.76. The van der Waals surface area contributed by atoms with Crippen LogP contribution in [0.3, 0.4) is 0 Å². The fourth-order valence-corrected chi connectivity index (χ4v) is 2.35. The number of hydrogen-bond acceptors (Lipinski definition) is 3. The summed E-state index contributed by atoms with van der Waals surface area (Å²) in [6.45, 7) is 4.29. The molecule has 3 nitrogen and oxygen atoms in total. The molecule has 0 bridgehead atoms. The number of methoxy groups -OCH3 is 2. The first-order valence-corrected chi connectivity index (χ1v) is 6.59. The Morgan fingerprint density at radius 3 is 2.28 bits per heavy atom. The highest BCUT2D eigenvalue weighted by molar-refractivity contribution is 6.31. The molecule has 2 atom stereocenters. The third-order valence-electron chi connectivity index (χ3n) is 3.22. The smallest absolute Gasteiger partial charge is 0.162 e. The summed E-state index contributed by atoms with van der Waals surface area (Å²) in [7, 11) is 3.20. The third kappa shape index (κ3) is 3.30. The molecule has 1 aromatic carbocycles. The number of halogens is 1. The van der Waals surface area contributed by atoms with E-state index in [0.29, 0.717) is 22.4 Å². The molecule has 102 valence electrons. The van der Waals surface area contributed by atoms with Gasteiger partial charge in [-0.1, -0.05) is 31.9 Å². The molecule has 0 saturated heterocycles. The highest BCUT2D eigenvalue weighted by Gasteiger charge is 2.19. The van der Waals surface area contributed by atoms with Crippen LogP contribution in [-0.2, 0) is 0 Å². The minimum Gasteiger partial charge on any atom is -0.493 e. The maximum absolute atomic E-state index is 6.26. The predicted molar refractivity (Wildman–Crippen MR) is 75.6 cm³/mol. The molecule has 0 spiro atoms. The van der Waals surface area contributed by atoms with Crippen LogP contribution in [0, 0.1) is 5.92 Å². The summed E-state index contributed by atoms with van der Waals surface area (Å²) < 4.78 is 10.5. The topological polar surface area (TPSA) is 44.5 Å². The van der Waals surface area contributed by atoms with E-state index in [1.807, 2.05) is 6.07 Å². The predicted octanol–water partition coefficient (Wildman–Crippen LogP) is 3.79. The first-order valence-electron chi connectivity index (χ1n) is 6.22. The number of hydrogen-bond donors (Lipinski definition) is 1. The summed E-state index contributed by atoms with van der Waals surface area (Å²) in [5.41, 5.74) is 7.17. The van der Waals surface area contributed by atoms with Gasteiger partial charge in [-0.3, -0.25) is 0 Å². The van der Waals surface area contributed by atoms with Crippen molar-refractivity contribution in [3.05, 3.63) is 22.7 Å². The van der Waals surface area contributed by atoms with E-state index in [1.165, 1.54) is 0 Å². The standard InChI is InChI=1S/C14H22ClNO2/c1-5-6-9(2)14(16)10-7-12(17-3)13(18-4)8-11(10)15/h7-9,14H,5-6,16H2,1-4H3. The second-order valence-corrected chi connectivity index (χ2v) is 4.93. The molecule has 4 heteroatoms. The van der Waals surface area contributed by atoms with Crippen molar-refractivity contribution in [2.24, 2.45) is 11.7 Å². The van der Waals surface area contributed by atoms with Gasteiger partial charge < -0.3 is 15.2 Å². The number of ether oxygens (including phenoxy) is 2. The summed E-state index contributed by atoms with van der Waals surface area (Å²) >= 11 is 6.26. The van der Waals surface area contributed by atoms with E-state index in [9.17, 15) is 0 Å². The van der Waals surface area contributed by atoms with Gasteiger partial charge in [-0.2, -0.15) is 0 Å². The van der Waals surface area contributed by atoms with Gasteiger partial charge >= 0.3 is 0 Å². The van der Waals surface area contributed by atoms with Gasteiger partial charge in [0, 0.05) is 17.1 Å². The van der Waals surface area contributed by atoms with Gasteiger partial charge in [0.25, 0.3) is 0 Å². The average Bonchev–Trinajstić information content (AvgIpc) is 2.37.